The molecule has 0 saturated carbocycles. The predicted octanol–water partition coefficient (Wildman–Crippen LogP) is 2.05. The summed E-state index contributed by atoms with van der Waals surface area (Å²) in [7, 11) is 0. The van der Waals surface area contributed by atoms with E-state index in [4.69, 9.17) is 4.74 Å². The van der Waals surface area contributed by atoms with Crippen LogP contribution in [0.5, 0.6) is 0 Å². The van der Waals surface area contributed by atoms with Gasteiger partial charge < -0.3 is 10.1 Å². The SMILES string of the molecule is Cc1cccnc1CNCC1CCCCO1. The van der Waals surface area contributed by atoms with Crippen molar-refractivity contribution in [3.05, 3.63) is 29.6 Å². The first-order valence-electron chi connectivity index (χ1n) is 6.09. The van der Waals surface area contributed by atoms with Gasteiger partial charge >= 0.3 is 0 Å². The molecule has 1 aliphatic rings. The number of nitrogens with zero attached hydrogens (tertiary/aromatic N) is 1. The Labute approximate surface area is 97.2 Å². The van der Waals surface area contributed by atoms with Crippen molar-refractivity contribution >= 4 is 0 Å². The molecule has 1 fully saturated rings. The van der Waals surface area contributed by atoms with Crippen LogP contribution in [0.25, 0.3) is 0 Å². The van der Waals surface area contributed by atoms with Crippen molar-refractivity contribution in [2.24, 2.45) is 0 Å². The van der Waals surface area contributed by atoms with Crippen LogP contribution in [-0.2, 0) is 11.3 Å². The molecule has 0 aromatic carbocycles. The Bertz CT molecular complexity index is 321. The average Bonchev–Trinajstić information content (AvgIpc) is 2.33. The molecular formula is C13H20N2O. The van der Waals surface area contributed by atoms with Crippen LogP contribution < -0.4 is 5.32 Å². The van der Waals surface area contributed by atoms with Gasteiger partial charge in [-0.3, -0.25) is 4.98 Å². The van der Waals surface area contributed by atoms with E-state index in [0.29, 0.717) is 6.10 Å². The van der Waals surface area contributed by atoms with E-state index in [-0.39, 0.29) is 0 Å². The summed E-state index contributed by atoms with van der Waals surface area (Å²) in [5, 5.41) is 3.42. The zero-order chi connectivity index (χ0) is 11.2. The van der Waals surface area contributed by atoms with Gasteiger partial charge in [0.1, 0.15) is 0 Å². The van der Waals surface area contributed by atoms with Gasteiger partial charge in [0.15, 0.2) is 0 Å². The largest absolute Gasteiger partial charge is 0.377 e. The lowest BCUT2D eigenvalue weighted by Gasteiger charge is -2.22. The summed E-state index contributed by atoms with van der Waals surface area (Å²) in [5.41, 5.74) is 2.39. The highest BCUT2D eigenvalue weighted by Gasteiger charge is 2.12. The first kappa shape index (κ1) is 11.6. The molecule has 1 aromatic heterocycles. The molecule has 16 heavy (non-hydrogen) atoms. The number of pyridine rings is 1. The van der Waals surface area contributed by atoms with Crippen LogP contribution in [0, 0.1) is 6.92 Å². The van der Waals surface area contributed by atoms with Crippen molar-refractivity contribution < 1.29 is 4.74 Å². The number of aryl methyl sites for hydroxylation is 1. The van der Waals surface area contributed by atoms with Crippen LogP contribution in [0.1, 0.15) is 30.5 Å². The van der Waals surface area contributed by atoms with Gasteiger partial charge in [0.25, 0.3) is 0 Å². The summed E-state index contributed by atoms with van der Waals surface area (Å²) in [6, 6.07) is 4.07. The molecule has 0 bridgehead atoms. The van der Waals surface area contributed by atoms with Crippen LogP contribution in [-0.4, -0.2) is 24.2 Å². The molecule has 3 heteroatoms. The monoisotopic (exact) mass is 220 g/mol. The van der Waals surface area contributed by atoms with E-state index in [0.717, 1.165) is 25.4 Å². The minimum Gasteiger partial charge on any atom is -0.377 e. The second-order valence-electron chi connectivity index (χ2n) is 4.39. The van der Waals surface area contributed by atoms with Gasteiger partial charge in [-0.05, 0) is 37.8 Å². The van der Waals surface area contributed by atoms with E-state index >= 15 is 0 Å². The van der Waals surface area contributed by atoms with Crippen LogP contribution in [0.2, 0.25) is 0 Å². The highest BCUT2D eigenvalue weighted by atomic mass is 16.5. The van der Waals surface area contributed by atoms with E-state index in [9.17, 15) is 0 Å². The molecule has 1 saturated heterocycles. The van der Waals surface area contributed by atoms with E-state index in [1.165, 1.54) is 24.8 Å². The fourth-order valence-corrected chi connectivity index (χ4v) is 2.02. The van der Waals surface area contributed by atoms with E-state index in [1.54, 1.807) is 0 Å². The zero-order valence-electron chi connectivity index (χ0n) is 9.91. The fraction of sp³-hybridized carbons (Fsp3) is 0.615. The van der Waals surface area contributed by atoms with Gasteiger partial charge in [0.05, 0.1) is 11.8 Å². The molecule has 1 aliphatic heterocycles. The van der Waals surface area contributed by atoms with Crippen LogP contribution in [0.15, 0.2) is 18.3 Å². The van der Waals surface area contributed by atoms with Gasteiger partial charge in [-0.1, -0.05) is 6.07 Å². The van der Waals surface area contributed by atoms with Gasteiger partial charge in [0.2, 0.25) is 0 Å². The van der Waals surface area contributed by atoms with Crippen LogP contribution in [0.3, 0.4) is 0 Å². The summed E-state index contributed by atoms with van der Waals surface area (Å²) in [4.78, 5) is 4.36. The topological polar surface area (TPSA) is 34.2 Å². The lowest BCUT2D eigenvalue weighted by Crippen LogP contribution is -2.31. The predicted molar refractivity (Wildman–Crippen MR) is 64.3 cm³/mol. The van der Waals surface area contributed by atoms with Gasteiger partial charge in [-0.25, -0.2) is 0 Å². The molecule has 1 unspecified atom stereocenters. The van der Waals surface area contributed by atoms with Crippen molar-refractivity contribution in [3.8, 4) is 0 Å². The van der Waals surface area contributed by atoms with Gasteiger partial charge in [0, 0.05) is 25.9 Å². The molecule has 2 rings (SSSR count). The number of hydrogen-bond acceptors (Lipinski definition) is 3. The number of rotatable bonds is 4. The Morgan fingerprint density at radius 2 is 2.44 bits per heavy atom. The maximum Gasteiger partial charge on any atom is 0.0699 e. The van der Waals surface area contributed by atoms with Crippen molar-refractivity contribution in [3.63, 3.8) is 0 Å². The lowest BCUT2D eigenvalue weighted by molar-refractivity contribution is 0.0167. The Hall–Kier alpha value is -0.930. The Morgan fingerprint density at radius 1 is 1.50 bits per heavy atom. The molecule has 2 heterocycles. The van der Waals surface area contributed by atoms with Crippen LogP contribution in [0.4, 0.5) is 0 Å². The number of nitrogens with one attached hydrogen (secondary N) is 1. The second kappa shape index (κ2) is 5.97. The average molecular weight is 220 g/mol. The van der Waals surface area contributed by atoms with E-state index in [1.807, 2.05) is 12.3 Å². The first-order valence-corrected chi connectivity index (χ1v) is 6.09. The molecule has 0 spiro atoms. The number of aromatic nitrogens is 1. The Kier molecular flexibility index (Phi) is 4.31. The smallest absolute Gasteiger partial charge is 0.0699 e. The normalized spacial score (nSPS) is 20.9. The molecular weight excluding hydrogens is 200 g/mol. The molecule has 0 radical (unpaired) electrons. The summed E-state index contributed by atoms with van der Waals surface area (Å²) in [5.74, 6) is 0. The maximum absolute atomic E-state index is 5.66. The van der Waals surface area contributed by atoms with Gasteiger partial charge in [-0.15, -0.1) is 0 Å². The standard InChI is InChI=1S/C13H20N2O/c1-11-5-4-7-15-13(11)10-14-9-12-6-2-3-8-16-12/h4-5,7,12,14H,2-3,6,8-10H2,1H3. The molecule has 3 nitrogen and oxygen atoms in total. The Morgan fingerprint density at radius 3 is 3.19 bits per heavy atom. The molecule has 0 aliphatic carbocycles. The molecule has 88 valence electrons. The highest BCUT2D eigenvalue weighted by molar-refractivity contribution is 5.17. The van der Waals surface area contributed by atoms with Crippen molar-refractivity contribution in [1.82, 2.24) is 10.3 Å². The molecule has 0 amide bonds. The fourth-order valence-electron chi connectivity index (χ4n) is 2.02. The van der Waals surface area contributed by atoms with Gasteiger partial charge in [-0.2, -0.15) is 0 Å². The highest BCUT2D eigenvalue weighted by Crippen LogP contribution is 2.11. The number of hydrogen-bond donors (Lipinski definition) is 1. The van der Waals surface area contributed by atoms with Crippen LogP contribution >= 0.6 is 0 Å². The summed E-state index contributed by atoms with van der Waals surface area (Å²) >= 11 is 0. The van der Waals surface area contributed by atoms with Crippen molar-refractivity contribution in [2.75, 3.05) is 13.2 Å². The number of ether oxygens (including phenoxy) is 1. The third-order valence-electron chi connectivity index (χ3n) is 3.06. The lowest BCUT2D eigenvalue weighted by atomic mass is 10.1. The third-order valence-corrected chi connectivity index (χ3v) is 3.06. The molecule has 1 N–H and O–H groups in total. The maximum atomic E-state index is 5.66. The van der Waals surface area contributed by atoms with E-state index in [2.05, 4.69) is 23.3 Å². The summed E-state index contributed by atoms with van der Waals surface area (Å²) < 4.78 is 5.66. The first-order chi connectivity index (χ1) is 7.86. The van der Waals surface area contributed by atoms with Crippen molar-refractivity contribution in [1.29, 1.82) is 0 Å². The molecule has 1 aromatic rings. The minimum absolute atomic E-state index is 0.401. The zero-order valence-corrected chi connectivity index (χ0v) is 9.91. The third kappa shape index (κ3) is 3.29. The Balaban J connectivity index is 1.73. The van der Waals surface area contributed by atoms with Crippen molar-refractivity contribution in [2.45, 2.75) is 38.8 Å². The quantitative estimate of drug-likeness (QED) is 0.843. The summed E-state index contributed by atoms with van der Waals surface area (Å²) in [6.07, 6.45) is 5.96. The second-order valence-corrected chi connectivity index (χ2v) is 4.39. The van der Waals surface area contributed by atoms with E-state index < -0.39 is 0 Å². The summed E-state index contributed by atoms with van der Waals surface area (Å²) in [6.45, 7) is 4.80. The molecule has 1 atom stereocenters. The minimum atomic E-state index is 0.401.